The van der Waals surface area contributed by atoms with Gasteiger partial charge in [0.1, 0.15) is 0 Å². The number of carbonyl (C=O) groups excluding carboxylic acids is 1. The van der Waals surface area contributed by atoms with E-state index in [-0.39, 0.29) is 16.8 Å². The van der Waals surface area contributed by atoms with E-state index in [0.717, 1.165) is 6.54 Å². The van der Waals surface area contributed by atoms with Crippen molar-refractivity contribution in [1.82, 2.24) is 4.90 Å². The van der Waals surface area contributed by atoms with Crippen LogP contribution in [0.2, 0.25) is 0 Å². The highest BCUT2D eigenvalue weighted by atomic mass is 32.2. The normalized spacial score (nSPS) is 13.3. The molecule has 7 heteroatoms. The number of hydrogen-bond acceptors (Lipinski definition) is 4. The van der Waals surface area contributed by atoms with Crippen LogP contribution >= 0.6 is 0 Å². The van der Waals surface area contributed by atoms with Crippen LogP contribution in [0.1, 0.15) is 13.8 Å². The van der Waals surface area contributed by atoms with Gasteiger partial charge in [-0.15, -0.1) is 0 Å². The van der Waals surface area contributed by atoms with E-state index in [2.05, 4.69) is 5.32 Å². The molecule has 0 bridgehead atoms. The van der Waals surface area contributed by atoms with E-state index in [9.17, 15) is 13.2 Å². The lowest BCUT2D eigenvalue weighted by Gasteiger charge is -2.22. The van der Waals surface area contributed by atoms with Crippen LogP contribution in [0.5, 0.6) is 0 Å². The van der Waals surface area contributed by atoms with E-state index in [1.54, 1.807) is 13.0 Å². The van der Waals surface area contributed by atoms with Crippen LogP contribution in [0.4, 0.5) is 5.69 Å². The highest BCUT2D eigenvalue weighted by Crippen LogP contribution is 2.14. The van der Waals surface area contributed by atoms with Gasteiger partial charge >= 0.3 is 0 Å². The van der Waals surface area contributed by atoms with Gasteiger partial charge in [-0.25, -0.2) is 13.6 Å². The third-order valence-corrected chi connectivity index (χ3v) is 3.88. The van der Waals surface area contributed by atoms with Crippen molar-refractivity contribution in [1.29, 1.82) is 0 Å². The Labute approximate surface area is 113 Å². The van der Waals surface area contributed by atoms with Gasteiger partial charge < -0.3 is 5.32 Å². The maximum atomic E-state index is 11.9. The molecule has 0 spiro atoms. The first-order valence-corrected chi connectivity index (χ1v) is 7.44. The molecule has 0 fully saturated rings. The Morgan fingerprint density at radius 3 is 2.63 bits per heavy atom. The molecule has 0 saturated heterocycles. The number of amides is 1. The summed E-state index contributed by atoms with van der Waals surface area (Å²) in [7, 11) is -1.93. The second kappa shape index (κ2) is 6.14. The van der Waals surface area contributed by atoms with Crippen molar-refractivity contribution >= 4 is 21.6 Å². The van der Waals surface area contributed by atoms with Crippen molar-refractivity contribution in [3.05, 3.63) is 24.3 Å². The van der Waals surface area contributed by atoms with E-state index in [1.807, 2.05) is 18.9 Å². The largest absolute Gasteiger partial charge is 0.325 e. The lowest BCUT2D eigenvalue weighted by atomic mass is 10.2. The molecule has 0 saturated carbocycles. The predicted octanol–water partition coefficient (Wildman–Crippen LogP) is 0.613. The second-order valence-electron chi connectivity index (χ2n) is 4.31. The van der Waals surface area contributed by atoms with Gasteiger partial charge in [-0.05, 0) is 38.7 Å². The van der Waals surface area contributed by atoms with Gasteiger partial charge in [-0.1, -0.05) is 13.0 Å². The summed E-state index contributed by atoms with van der Waals surface area (Å²) in [5.74, 6) is -0.198. The number of likely N-dealkylation sites (N-methyl/N-ethyl adjacent to an activating group) is 1. The molecule has 1 aromatic rings. The van der Waals surface area contributed by atoms with Crippen LogP contribution in [-0.4, -0.2) is 38.9 Å². The molecule has 1 atom stereocenters. The van der Waals surface area contributed by atoms with E-state index in [4.69, 9.17) is 5.14 Å². The van der Waals surface area contributed by atoms with Crippen molar-refractivity contribution < 1.29 is 13.2 Å². The molecule has 0 aliphatic rings. The summed E-state index contributed by atoms with van der Waals surface area (Å²) in [5.41, 5.74) is 0.410. The molecule has 1 aromatic carbocycles. The van der Waals surface area contributed by atoms with E-state index in [0.29, 0.717) is 5.69 Å². The zero-order valence-electron chi connectivity index (χ0n) is 11.3. The summed E-state index contributed by atoms with van der Waals surface area (Å²) < 4.78 is 22.4. The fraction of sp³-hybridized carbons (Fsp3) is 0.417. The molecule has 0 unspecified atom stereocenters. The third-order valence-electron chi connectivity index (χ3n) is 2.97. The van der Waals surface area contributed by atoms with Crippen LogP contribution in [-0.2, 0) is 14.8 Å². The molecular formula is C12H19N3O3S. The number of primary sulfonamides is 1. The minimum Gasteiger partial charge on any atom is -0.325 e. The molecule has 0 radical (unpaired) electrons. The summed E-state index contributed by atoms with van der Waals surface area (Å²) in [6.07, 6.45) is 0. The van der Waals surface area contributed by atoms with E-state index >= 15 is 0 Å². The lowest BCUT2D eigenvalue weighted by molar-refractivity contribution is -0.120. The Morgan fingerprint density at radius 1 is 1.47 bits per heavy atom. The summed E-state index contributed by atoms with van der Waals surface area (Å²) in [6.45, 7) is 4.47. The highest BCUT2D eigenvalue weighted by molar-refractivity contribution is 7.89. The van der Waals surface area contributed by atoms with Crippen LogP contribution in [0.15, 0.2) is 29.2 Å². The number of carbonyl (C=O) groups is 1. The first-order valence-electron chi connectivity index (χ1n) is 5.89. The second-order valence-corrected chi connectivity index (χ2v) is 5.87. The van der Waals surface area contributed by atoms with Crippen LogP contribution in [0.25, 0.3) is 0 Å². The Hall–Kier alpha value is -1.44. The SMILES string of the molecule is CCN(C)[C@H](C)C(=O)Nc1cccc(S(N)(=O)=O)c1. The minimum atomic E-state index is -3.76. The molecule has 0 heterocycles. The number of anilines is 1. The zero-order valence-corrected chi connectivity index (χ0v) is 12.1. The van der Waals surface area contributed by atoms with Crippen molar-refractivity contribution in [2.24, 2.45) is 5.14 Å². The molecule has 106 valence electrons. The average Bonchev–Trinajstić information content (AvgIpc) is 2.36. The van der Waals surface area contributed by atoms with Gasteiger partial charge in [0, 0.05) is 5.69 Å². The molecule has 1 amide bonds. The minimum absolute atomic E-state index is 0.0261. The Morgan fingerprint density at radius 2 is 2.11 bits per heavy atom. The lowest BCUT2D eigenvalue weighted by Crippen LogP contribution is -2.39. The van der Waals surface area contributed by atoms with Crippen LogP contribution in [0, 0.1) is 0 Å². The maximum Gasteiger partial charge on any atom is 0.241 e. The van der Waals surface area contributed by atoms with Gasteiger partial charge in [-0.2, -0.15) is 0 Å². The Kier molecular flexibility index (Phi) is 5.04. The van der Waals surface area contributed by atoms with Crippen LogP contribution < -0.4 is 10.5 Å². The van der Waals surface area contributed by atoms with Gasteiger partial charge in [-0.3, -0.25) is 9.69 Å². The van der Waals surface area contributed by atoms with Crippen molar-refractivity contribution in [3.8, 4) is 0 Å². The van der Waals surface area contributed by atoms with Gasteiger partial charge in [0.25, 0.3) is 0 Å². The fourth-order valence-corrected chi connectivity index (χ4v) is 2.03. The number of nitrogens with zero attached hydrogens (tertiary/aromatic N) is 1. The number of benzene rings is 1. The quantitative estimate of drug-likeness (QED) is 0.829. The first-order chi connectivity index (χ1) is 8.75. The van der Waals surface area contributed by atoms with Crippen LogP contribution in [0.3, 0.4) is 0 Å². The monoisotopic (exact) mass is 285 g/mol. The van der Waals surface area contributed by atoms with Crippen molar-refractivity contribution in [2.45, 2.75) is 24.8 Å². The molecule has 6 nitrogen and oxygen atoms in total. The molecule has 0 aliphatic heterocycles. The van der Waals surface area contributed by atoms with Crippen molar-refractivity contribution in [2.75, 3.05) is 18.9 Å². The fourth-order valence-electron chi connectivity index (χ4n) is 1.47. The Balaban J connectivity index is 2.86. The van der Waals surface area contributed by atoms with E-state index in [1.165, 1.54) is 18.2 Å². The topological polar surface area (TPSA) is 92.5 Å². The molecule has 1 rings (SSSR count). The van der Waals surface area contributed by atoms with E-state index < -0.39 is 10.0 Å². The number of sulfonamides is 1. The predicted molar refractivity (Wildman–Crippen MR) is 74.2 cm³/mol. The maximum absolute atomic E-state index is 11.9. The molecule has 0 aliphatic carbocycles. The number of nitrogens with one attached hydrogen (secondary N) is 1. The summed E-state index contributed by atoms with van der Waals surface area (Å²) in [6, 6.07) is 5.57. The average molecular weight is 285 g/mol. The molecule has 3 N–H and O–H groups in total. The summed E-state index contributed by atoms with van der Waals surface area (Å²) >= 11 is 0. The highest BCUT2D eigenvalue weighted by Gasteiger charge is 2.17. The number of rotatable bonds is 5. The number of nitrogens with two attached hydrogens (primary N) is 1. The summed E-state index contributed by atoms with van der Waals surface area (Å²) in [5, 5.41) is 7.71. The van der Waals surface area contributed by atoms with Crippen molar-refractivity contribution in [3.63, 3.8) is 0 Å². The van der Waals surface area contributed by atoms with Gasteiger partial charge in [0.05, 0.1) is 10.9 Å². The number of hydrogen-bond donors (Lipinski definition) is 2. The van der Waals surface area contributed by atoms with Gasteiger partial charge in [0.15, 0.2) is 0 Å². The van der Waals surface area contributed by atoms with Gasteiger partial charge in [0.2, 0.25) is 15.9 Å². The smallest absolute Gasteiger partial charge is 0.241 e. The molecule has 19 heavy (non-hydrogen) atoms. The third kappa shape index (κ3) is 4.30. The molecular weight excluding hydrogens is 266 g/mol. The molecule has 0 aromatic heterocycles. The zero-order chi connectivity index (χ0) is 14.6. The first kappa shape index (κ1) is 15.6. The Bertz CT molecular complexity index is 557. The standard InChI is InChI=1S/C12H19N3O3S/c1-4-15(3)9(2)12(16)14-10-6-5-7-11(8-10)19(13,17)18/h5-9H,4H2,1-3H3,(H,14,16)(H2,13,17,18)/t9-/m1/s1. The summed E-state index contributed by atoms with van der Waals surface area (Å²) in [4.78, 5) is 13.8.